The molecule has 1 aliphatic rings. The third kappa shape index (κ3) is 2.43. The molecule has 0 radical (unpaired) electrons. The Bertz CT molecular complexity index is 656. The van der Waals surface area contributed by atoms with Crippen molar-refractivity contribution in [2.75, 3.05) is 37.6 Å². The van der Waals surface area contributed by atoms with Crippen molar-refractivity contribution < 1.29 is 0 Å². The second-order valence-corrected chi connectivity index (χ2v) is 5.12. The van der Waals surface area contributed by atoms with Crippen LogP contribution in [-0.4, -0.2) is 47.0 Å². The number of pyridine rings is 1. The molecule has 1 saturated heterocycles. The van der Waals surface area contributed by atoms with Gasteiger partial charge in [-0.15, -0.1) is 0 Å². The van der Waals surface area contributed by atoms with Crippen molar-refractivity contribution in [2.24, 2.45) is 5.73 Å². The number of nitrogens with two attached hydrogens (primary N) is 1. The fourth-order valence-corrected chi connectivity index (χ4v) is 2.68. The van der Waals surface area contributed by atoms with Crippen LogP contribution >= 0.6 is 0 Å². The van der Waals surface area contributed by atoms with E-state index in [4.69, 9.17) is 5.73 Å². The lowest BCUT2D eigenvalue weighted by Gasteiger charge is -2.35. The van der Waals surface area contributed by atoms with Gasteiger partial charge >= 0.3 is 0 Å². The van der Waals surface area contributed by atoms with Gasteiger partial charge < -0.3 is 15.0 Å². The van der Waals surface area contributed by atoms with E-state index in [9.17, 15) is 0 Å². The standard InChI is InChI=1S/C15H19N5/c1-13-11-15-17-4-6-20(15)12-14(13)19-9-7-18(8-10-19)5-2-3-16/h4,6,11-12H,5,7-10,16H2,1H3. The molecule has 20 heavy (non-hydrogen) atoms. The van der Waals surface area contributed by atoms with Gasteiger partial charge in [0.1, 0.15) is 5.65 Å². The summed E-state index contributed by atoms with van der Waals surface area (Å²) in [5, 5.41) is 0. The second kappa shape index (κ2) is 5.43. The number of aryl methyl sites for hydroxylation is 1. The normalized spacial score (nSPS) is 16.1. The van der Waals surface area contributed by atoms with E-state index in [-0.39, 0.29) is 0 Å². The number of piperazine rings is 1. The molecule has 5 heteroatoms. The number of fused-ring (bicyclic) bond motifs is 1. The lowest BCUT2D eigenvalue weighted by molar-refractivity contribution is 0.288. The van der Waals surface area contributed by atoms with E-state index in [1.165, 1.54) is 11.3 Å². The first kappa shape index (κ1) is 12.8. The number of anilines is 1. The van der Waals surface area contributed by atoms with Crippen molar-refractivity contribution >= 4 is 11.3 Å². The van der Waals surface area contributed by atoms with Gasteiger partial charge in [-0.2, -0.15) is 0 Å². The Kier molecular flexibility index (Phi) is 3.48. The number of aromatic nitrogens is 2. The van der Waals surface area contributed by atoms with Gasteiger partial charge in [0.15, 0.2) is 0 Å². The lowest BCUT2D eigenvalue weighted by Crippen LogP contribution is -2.46. The van der Waals surface area contributed by atoms with Gasteiger partial charge in [0, 0.05) is 50.8 Å². The highest BCUT2D eigenvalue weighted by molar-refractivity contribution is 5.58. The van der Waals surface area contributed by atoms with E-state index in [1.807, 2.05) is 12.4 Å². The minimum Gasteiger partial charge on any atom is -0.368 e. The lowest BCUT2D eigenvalue weighted by atomic mass is 10.2. The number of rotatable bonds is 2. The quantitative estimate of drug-likeness (QED) is 0.643. The van der Waals surface area contributed by atoms with Crippen LogP contribution < -0.4 is 10.6 Å². The molecule has 0 aliphatic carbocycles. The summed E-state index contributed by atoms with van der Waals surface area (Å²) in [4.78, 5) is 9.09. The van der Waals surface area contributed by atoms with Crippen molar-refractivity contribution in [3.63, 3.8) is 0 Å². The Balaban J connectivity index is 1.75. The summed E-state index contributed by atoms with van der Waals surface area (Å²) >= 11 is 0. The van der Waals surface area contributed by atoms with Gasteiger partial charge in [0.2, 0.25) is 0 Å². The topological polar surface area (TPSA) is 49.8 Å². The third-order valence-corrected chi connectivity index (χ3v) is 3.83. The predicted molar refractivity (Wildman–Crippen MR) is 80.5 cm³/mol. The Morgan fingerprint density at radius 2 is 2.10 bits per heavy atom. The first-order chi connectivity index (χ1) is 9.78. The van der Waals surface area contributed by atoms with Crippen molar-refractivity contribution in [1.29, 1.82) is 0 Å². The van der Waals surface area contributed by atoms with Crippen LogP contribution in [0, 0.1) is 18.9 Å². The summed E-state index contributed by atoms with van der Waals surface area (Å²) in [6.45, 7) is 7.01. The molecule has 0 atom stereocenters. The van der Waals surface area contributed by atoms with E-state index in [1.54, 1.807) is 0 Å². The summed E-state index contributed by atoms with van der Waals surface area (Å²) in [7, 11) is 0. The summed E-state index contributed by atoms with van der Waals surface area (Å²) in [5.74, 6) is 2.93. The van der Waals surface area contributed by atoms with Crippen molar-refractivity contribution in [2.45, 2.75) is 6.92 Å². The van der Waals surface area contributed by atoms with Gasteiger partial charge in [-0.25, -0.2) is 4.98 Å². The van der Waals surface area contributed by atoms with E-state index in [0.717, 1.165) is 38.4 Å². The van der Waals surface area contributed by atoms with Crippen LogP contribution in [0.4, 0.5) is 5.69 Å². The SMILES string of the molecule is Cc1cc2nccn2cc1N1CCN(CC#CN)CC1. The van der Waals surface area contributed by atoms with Crippen molar-refractivity contribution in [3.8, 4) is 12.0 Å². The molecule has 3 rings (SSSR count). The highest BCUT2D eigenvalue weighted by Gasteiger charge is 2.18. The van der Waals surface area contributed by atoms with Gasteiger partial charge in [-0.05, 0) is 18.6 Å². The zero-order chi connectivity index (χ0) is 13.9. The number of hydrogen-bond donors (Lipinski definition) is 1. The summed E-state index contributed by atoms with van der Waals surface area (Å²) in [5.41, 5.74) is 8.79. The Labute approximate surface area is 119 Å². The number of hydrogen-bond acceptors (Lipinski definition) is 4. The zero-order valence-electron chi connectivity index (χ0n) is 11.7. The predicted octanol–water partition coefficient (Wildman–Crippen LogP) is 0.684. The van der Waals surface area contributed by atoms with Crippen LogP contribution in [-0.2, 0) is 0 Å². The van der Waals surface area contributed by atoms with E-state index < -0.39 is 0 Å². The summed E-state index contributed by atoms with van der Waals surface area (Å²) in [6.07, 6.45) is 6.00. The smallest absolute Gasteiger partial charge is 0.137 e. The molecule has 104 valence electrons. The van der Waals surface area contributed by atoms with Crippen LogP contribution in [0.1, 0.15) is 5.56 Å². The Morgan fingerprint density at radius 1 is 1.30 bits per heavy atom. The molecule has 0 bridgehead atoms. The Morgan fingerprint density at radius 3 is 2.85 bits per heavy atom. The first-order valence-corrected chi connectivity index (χ1v) is 6.87. The second-order valence-electron chi connectivity index (χ2n) is 5.12. The monoisotopic (exact) mass is 269 g/mol. The molecule has 3 heterocycles. The molecule has 0 spiro atoms. The molecular weight excluding hydrogens is 250 g/mol. The molecule has 0 saturated carbocycles. The Hall–Kier alpha value is -2.19. The molecule has 0 amide bonds. The third-order valence-electron chi connectivity index (χ3n) is 3.83. The molecule has 1 aliphatic heterocycles. The molecule has 2 aromatic rings. The average Bonchev–Trinajstić information content (AvgIpc) is 2.92. The highest BCUT2D eigenvalue weighted by atomic mass is 15.3. The largest absolute Gasteiger partial charge is 0.368 e. The maximum Gasteiger partial charge on any atom is 0.137 e. The average molecular weight is 269 g/mol. The fourth-order valence-electron chi connectivity index (χ4n) is 2.68. The van der Waals surface area contributed by atoms with E-state index in [2.05, 4.69) is 50.3 Å². The van der Waals surface area contributed by atoms with Crippen LogP contribution in [0.3, 0.4) is 0 Å². The highest BCUT2D eigenvalue weighted by Crippen LogP contribution is 2.22. The van der Waals surface area contributed by atoms with Gasteiger partial charge in [0.05, 0.1) is 12.2 Å². The van der Waals surface area contributed by atoms with Gasteiger partial charge in [-0.1, -0.05) is 5.92 Å². The molecule has 0 aromatic carbocycles. The fraction of sp³-hybridized carbons (Fsp3) is 0.400. The van der Waals surface area contributed by atoms with Crippen molar-refractivity contribution in [1.82, 2.24) is 14.3 Å². The minimum absolute atomic E-state index is 0.768. The molecular formula is C15H19N5. The van der Waals surface area contributed by atoms with E-state index in [0.29, 0.717) is 0 Å². The van der Waals surface area contributed by atoms with Crippen LogP contribution in [0.5, 0.6) is 0 Å². The van der Waals surface area contributed by atoms with Crippen LogP contribution in [0.2, 0.25) is 0 Å². The van der Waals surface area contributed by atoms with Crippen LogP contribution in [0.25, 0.3) is 5.65 Å². The summed E-state index contributed by atoms with van der Waals surface area (Å²) < 4.78 is 2.08. The maximum absolute atomic E-state index is 5.22. The maximum atomic E-state index is 5.22. The molecule has 5 nitrogen and oxygen atoms in total. The van der Waals surface area contributed by atoms with E-state index >= 15 is 0 Å². The van der Waals surface area contributed by atoms with Gasteiger partial charge in [-0.3, -0.25) is 4.90 Å². The van der Waals surface area contributed by atoms with Crippen LogP contribution in [0.15, 0.2) is 24.7 Å². The zero-order valence-corrected chi connectivity index (χ0v) is 11.7. The van der Waals surface area contributed by atoms with Gasteiger partial charge in [0.25, 0.3) is 0 Å². The first-order valence-electron chi connectivity index (χ1n) is 6.87. The molecule has 2 aromatic heterocycles. The molecule has 1 fully saturated rings. The number of nitrogens with zero attached hydrogens (tertiary/aromatic N) is 4. The summed E-state index contributed by atoms with van der Waals surface area (Å²) in [6, 6.07) is 4.61. The number of imidazole rings is 1. The molecule has 2 N–H and O–H groups in total. The van der Waals surface area contributed by atoms with Crippen molar-refractivity contribution in [3.05, 3.63) is 30.2 Å². The molecule has 0 unspecified atom stereocenters. The minimum atomic E-state index is 0.768.